The molecule has 76 valence electrons. The van der Waals surface area contributed by atoms with Gasteiger partial charge >= 0.3 is 0 Å². The van der Waals surface area contributed by atoms with Gasteiger partial charge in [-0.1, -0.05) is 6.92 Å². The van der Waals surface area contributed by atoms with Gasteiger partial charge in [-0.05, 0) is 19.8 Å². The van der Waals surface area contributed by atoms with Crippen molar-refractivity contribution in [1.29, 1.82) is 0 Å². The van der Waals surface area contributed by atoms with Crippen LogP contribution < -0.4 is 10.6 Å². The summed E-state index contributed by atoms with van der Waals surface area (Å²) >= 11 is 0. The molecule has 0 saturated carbocycles. The van der Waals surface area contributed by atoms with E-state index in [-0.39, 0.29) is 0 Å². The van der Waals surface area contributed by atoms with Crippen LogP contribution in [0.25, 0.3) is 0 Å². The highest BCUT2D eigenvalue weighted by atomic mass is 15.1. The van der Waals surface area contributed by atoms with Gasteiger partial charge in [0.25, 0.3) is 0 Å². The summed E-state index contributed by atoms with van der Waals surface area (Å²) in [5.41, 5.74) is 1.27. The molecule has 0 spiro atoms. The van der Waals surface area contributed by atoms with Crippen molar-refractivity contribution < 1.29 is 0 Å². The second-order valence-electron chi connectivity index (χ2n) is 3.61. The predicted molar refractivity (Wildman–Crippen MR) is 57.5 cm³/mol. The Labute approximate surface area is 81.0 Å². The highest BCUT2D eigenvalue weighted by Crippen LogP contribution is 1.95. The minimum atomic E-state index is 0.627. The molecule has 3 heteroatoms. The maximum absolute atomic E-state index is 4.49. The number of piperazine rings is 1. The van der Waals surface area contributed by atoms with Crippen LogP contribution in [0.15, 0.2) is 4.99 Å². The fourth-order valence-electron chi connectivity index (χ4n) is 1.44. The zero-order valence-electron chi connectivity index (χ0n) is 8.77. The molecule has 1 atom stereocenters. The fourth-order valence-corrected chi connectivity index (χ4v) is 1.44. The third kappa shape index (κ3) is 4.39. The molecule has 2 N–H and O–H groups in total. The molecule has 13 heavy (non-hydrogen) atoms. The van der Waals surface area contributed by atoms with Crippen molar-refractivity contribution in [2.75, 3.05) is 26.2 Å². The van der Waals surface area contributed by atoms with Crippen molar-refractivity contribution in [2.24, 2.45) is 4.99 Å². The molecule has 0 aromatic heterocycles. The van der Waals surface area contributed by atoms with Crippen molar-refractivity contribution in [1.82, 2.24) is 10.6 Å². The normalized spacial score (nSPS) is 24.8. The van der Waals surface area contributed by atoms with Crippen molar-refractivity contribution in [3.8, 4) is 0 Å². The highest BCUT2D eigenvalue weighted by Gasteiger charge is 2.10. The quantitative estimate of drug-likeness (QED) is 0.633. The van der Waals surface area contributed by atoms with E-state index in [0.717, 1.165) is 39.0 Å². The van der Waals surface area contributed by atoms with E-state index in [1.54, 1.807) is 0 Å². The zero-order chi connectivity index (χ0) is 9.52. The van der Waals surface area contributed by atoms with E-state index in [4.69, 9.17) is 0 Å². The standard InChI is InChI=1S/C10H21N3/c1-3-9(2)12-5-4-10-8-11-6-7-13-10/h10-11,13H,3-8H2,1-2H3. The van der Waals surface area contributed by atoms with Crippen LogP contribution in [-0.4, -0.2) is 37.9 Å². The molecule has 1 aliphatic rings. The Morgan fingerprint density at radius 1 is 1.46 bits per heavy atom. The third-order valence-corrected chi connectivity index (χ3v) is 2.50. The Morgan fingerprint density at radius 2 is 2.31 bits per heavy atom. The van der Waals surface area contributed by atoms with Crippen LogP contribution in [0, 0.1) is 0 Å². The first kappa shape index (κ1) is 10.7. The smallest absolute Gasteiger partial charge is 0.0403 e. The number of nitrogens with one attached hydrogen (secondary N) is 2. The predicted octanol–water partition coefficient (Wildman–Crippen LogP) is 0.809. The van der Waals surface area contributed by atoms with Crippen LogP contribution in [0.4, 0.5) is 0 Å². The molecule has 0 aliphatic carbocycles. The van der Waals surface area contributed by atoms with Gasteiger partial charge in [0.15, 0.2) is 0 Å². The average Bonchev–Trinajstić information content (AvgIpc) is 2.19. The Morgan fingerprint density at radius 3 is 2.92 bits per heavy atom. The first-order chi connectivity index (χ1) is 6.33. The van der Waals surface area contributed by atoms with Gasteiger partial charge in [-0.15, -0.1) is 0 Å². The number of aliphatic imine (C=N–C) groups is 1. The van der Waals surface area contributed by atoms with Gasteiger partial charge in [0, 0.05) is 37.9 Å². The molecular formula is C10H21N3. The molecule has 1 aliphatic heterocycles. The first-order valence-corrected chi connectivity index (χ1v) is 5.27. The summed E-state index contributed by atoms with van der Waals surface area (Å²) in [6, 6.07) is 0.627. The Kier molecular flexibility index (Phi) is 5.01. The summed E-state index contributed by atoms with van der Waals surface area (Å²) in [6.07, 6.45) is 2.24. The van der Waals surface area contributed by atoms with E-state index in [9.17, 15) is 0 Å². The Bertz CT molecular complexity index is 160. The van der Waals surface area contributed by atoms with Gasteiger partial charge in [0.1, 0.15) is 0 Å². The fraction of sp³-hybridized carbons (Fsp3) is 0.900. The van der Waals surface area contributed by atoms with Crippen LogP contribution >= 0.6 is 0 Å². The van der Waals surface area contributed by atoms with E-state index in [0.29, 0.717) is 6.04 Å². The van der Waals surface area contributed by atoms with Gasteiger partial charge in [0.05, 0.1) is 0 Å². The molecule has 0 amide bonds. The molecule has 1 fully saturated rings. The SMILES string of the molecule is CCC(C)=NCCC1CNCCN1. The second-order valence-corrected chi connectivity index (χ2v) is 3.61. The molecule has 1 unspecified atom stereocenters. The summed E-state index contributed by atoms with van der Waals surface area (Å²) in [6.45, 7) is 8.53. The molecule has 0 aromatic carbocycles. The number of hydrogen-bond donors (Lipinski definition) is 2. The second kappa shape index (κ2) is 6.11. The van der Waals surface area contributed by atoms with E-state index < -0.39 is 0 Å². The topological polar surface area (TPSA) is 36.4 Å². The minimum absolute atomic E-state index is 0.627. The lowest BCUT2D eigenvalue weighted by atomic mass is 10.1. The van der Waals surface area contributed by atoms with Gasteiger partial charge in [0.2, 0.25) is 0 Å². The lowest BCUT2D eigenvalue weighted by Crippen LogP contribution is -2.48. The van der Waals surface area contributed by atoms with Crippen LogP contribution in [0.1, 0.15) is 26.7 Å². The lowest BCUT2D eigenvalue weighted by molar-refractivity contribution is 0.403. The van der Waals surface area contributed by atoms with Crippen molar-refractivity contribution in [2.45, 2.75) is 32.7 Å². The maximum Gasteiger partial charge on any atom is 0.0403 e. The maximum atomic E-state index is 4.49. The lowest BCUT2D eigenvalue weighted by Gasteiger charge is -2.23. The number of hydrogen-bond acceptors (Lipinski definition) is 3. The Balaban J connectivity index is 2.10. The molecule has 0 aromatic rings. The summed E-state index contributed by atoms with van der Waals surface area (Å²) < 4.78 is 0. The Hall–Kier alpha value is -0.410. The summed E-state index contributed by atoms with van der Waals surface area (Å²) in [5.74, 6) is 0. The summed E-state index contributed by atoms with van der Waals surface area (Å²) in [4.78, 5) is 4.49. The molecule has 1 heterocycles. The van der Waals surface area contributed by atoms with Crippen molar-refractivity contribution in [3.63, 3.8) is 0 Å². The largest absolute Gasteiger partial charge is 0.314 e. The third-order valence-electron chi connectivity index (χ3n) is 2.50. The van der Waals surface area contributed by atoms with Crippen molar-refractivity contribution in [3.05, 3.63) is 0 Å². The van der Waals surface area contributed by atoms with E-state index in [1.807, 2.05) is 0 Å². The molecule has 3 nitrogen and oxygen atoms in total. The summed E-state index contributed by atoms with van der Waals surface area (Å²) in [7, 11) is 0. The number of nitrogens with zero attached hydrogens (tertiary/aromatic N) is 1. The zero-order valence-corrected chi connectivity index (χ0v) is 8.77. The van der Waals surface area contributed by atoms with Crippen LogP contribution in [-0.2, 0) is 0 Å². The number of rotatable bonds is 4. The molecular weight excluding hydrogens is 162 g/mol. The molecule has 1 rings (SSSR count). The average molecular weight is 183 g/mol. The molecule has 0 bridgehead atoms. The first-order valence-electron chi connectivity index (χ1n) is 5.27. The molecule has 0 radical (unpaired) electrons. The monoisotopic (exact) mass is 183 g/mol. The van der Waals surface area contributed by atoms with E-state index in [1.165, 1.54) is 5.71 Å². The minimum Gasteiger partial charge on any atom is -0.314 e. The molecule has 1 saturated heterocycles. The van der Waals surface area contributed by atoms with Crippen LogP contribution in [0.5, 0.6) is 0 Å². The van der Waals surface area contributed by atoms with Gasteiger partial charge < -0.3 is 10.6 Å². The van der Waals surface area contributed by atoms with Crippen LogP contribution in [0.3, 0.4) is 0 Å². The van der Waals surface area contributed by atoms with Crippen LogP contribution in [0.2, 0.25) is 0 Å². The summed E-state index contributed by atoms with van der Waals surface area (Å²) in [5, 5.41) is 6.86. The van der Waals surface area contributed by atoms with E-state index >= 15 is 0 Å². The van der Waals surface area contributed by atoms with Gasteiger partial charge in [-0.3, -0.25) is 4.99 Å². The van der Waals surface area contributed by atoms with E-state index in [2.05, 4.69) is 29.5 Å². The van der Waals surface area contributed by atoms with Gasteiger partial charge in [-0.25, -0.2) is 0 Å². The highest BCUT2D eigenvalue weighted by molar-refractivity contribution is 5.81. The van der Waals surface area contributed by atoms with Gasteiger partial charge in [-0.2, -0.15) is 0 Å². The van der Waals surface area contributed by atoms with Crippen molar-refractivity contribution >= 4 is 5.71 Å².